The summed E-state index contributed by atoms with van der Waals surface area (Å²) in [7, 11) is 0. The number of benzene rings is 3. The van der Waals surface area contributed by atoms with E-state index in [0.29, 0.717) is 17.8 Å². The number of carbonyl (C=O) groups excluding carboxylic acids is 3. The van der Waals surface area contributed by atoms with Crippen LogP contribution in [0.4, 0.5) is 10.5 Å². The molecule has 0 aromatic heterocycles. The first-order valence-corrected chi connectivity index (χ1v) is 15.1. The van der Waals surface area contributed by atoms with Crippen LogP contribution in [-0.2, 0) is 14.3 Å². The molecule has 3 amide bonds. The van der Waals surface area contributed by atoms with Crippen molar-refractivity contribution >= 4 is 34.4 Å². The molecule has 226 valence electrons. The molecule has 7 heteroatoms. The van der Waals surface area contributed by atoms with Gasteiger partial charge in [0.05, 0.1) is 0 Å². The highest BCUT2D eigenvalue weighted by molar-refractivity contribution is 6.00. The quantitative estimate of drug-likeness (QED) is 0.217. The van der Waals surface area contributed by atoms with Gasteiger partial charge in [0.1, 0.15) is 17.7 Å². The van der Waals surface area contributed by atoms with E-state index in [1.165, 1.54) is 0 Å². The van der Waals surface area contributed by atoms with Gasteiger partial charge in [-0.15, -0.1) is 0 Å². The van der Waals surface area contributed by atoms with Gasteiger partial charge < -0.3 is 20.3 Å². The lowest BCUT2D eigenvalue weighted by molar-refractivity contribution is -0.141. The lowest BCUT2D eigenvalue weighted by Gasteiger charge is -2.35. The molecule has 0 heterocycles. The summed E-state index contributed by atoms with van der Waals surface area (Å²) < 4.78 is 5.48. The number of unbranched alkanes of at least 4 members (excludes halogenated alkanes) is 3. The van der Waals surface area contributed by atoms with E-state index in [1.54, 1.807) is 25.7 Å². The first kappa shape index (κ1) is 32.6. The molecule has 0 aliphatic rings. The minimum atomic E-state index is -0.895. The van der Waals surface area contributed by atoms with Crippen LogP contribution in [0.15, 0.2) is 66.7 Å². The zero-order valence-corrected chi connectivity index (χ0v) is 26.2. The lowest BCUT2D eigenvalue weighted by Crippen LogP contribution is -2.54. The summed E-state index contributed by atoms with van der Waals surface area (Å²) in [4.78, 5) is 42.9. The number of anilines is 1. The minimum Gasteiger partial charge on any atom is -0.444 e. The van der Waals surface area contributed by atoms with Gasteiger partial charge in [0.2, 0.25) is 5.91 Å². The fraction of sp³-hybridized carbons (Fsp3) is 0.457. The van der Waals surface area contributed by atoms with Gasteiger partial charge >= 0.3 is 6.09 Å². The molecule has 0 radical (unpaired) electrons. The van der Waals surface area contributed by atoms with Crippen molar-refractivity contribution in [1.82, 2.24) is 10.2 Å². The number of nitrogens with one attached hydrogen (secondary N) is 2. The largest absolute Gasteiger partial charge is 0.444 e. The number of carbonyl (C=O) groups is 3. The molecule has 3 aromatic rings. The Balaban J connectivity index is 2.01. The predicted molar refractivity (Wildman–Crippen MR) is 170 cm³/mol. The van der Waals surface area contributed by atoms with Crippen molar-refractivity contribution in [3.63, 3.8) is 0 Å². The maximum absolute atomic E-state index is 14.3. The highest BCUT2D eigenvalue weighted by Gasteiger charge is 2.37. The smallest absolute Gasteiger partial charge is 0.408 e. The topological polar surface area (TPSA) is 87.7 Å². The third kappa shape index (κ3) is 9.33. The second-order valence-electron chi connectivity index (χ2n) is 12.3. The van der Waals surface area contributed by atoms with Crippen molar-refractivity contribution < 1.29 is 19.1 Å². The van der Waals surface area contributed by atoms with Crippen LogP contribution in [0.3, 0.4) is 0 Å². The van der Waals surface area contributed by atoms with Crippen LogP contribution >= 0.6 is 0 Å². The second kappa shape index (κ2) is 14.9. The van der Waals surface area contributed by atoms with Crippen LogP contribution in [0.5, 0.6) is 0 Å². The van der Waals surface area contributed by atoms with Gasteiger partial charge in [0.25, 0.3) is 5.91 Å². The van der Waals surface area contributed by atoms with Gasteiger partial charge in [0, 0.05) is 12.2 Å². The highest BCUT2D eigenvalue weighted by atomic mass is 16.6. The van der Waals surface area contributed by atoms with Crippen molar-refractivity contribution in [1.29, 1.82) is 0 Å². The molecule has 2 unspecified atom stereocenters. The summed E-state index contributed by atoms with van der Waals surface area (Å²) in [6, 6.07) is 19.7. The Morgan fingerprint density at radius 3 is 2.17 bits per heavy atom. The molecule has 0 saturated carbocycles. The van der Waals surface area contributed by atoms with Crippen LogP contribution < -0.4 is 10.6 Å². The van der Waals surface area contributed by atoms with Crippen LogP contribution in [0.1, 0.15) is 84.4 Å². The molecule has 0 bridgehead atoms. The predicted octanol–water partition coefficient (Wildman–Crippen LogP) is 7.79. The molecule has 7 nitrogen and oxygen atoms in total. The normalized spacial score (nSPS) is 13.0. The molecule has 3 aromatic carbocycles. The highest BCUT2D eigenvalue weighted by Crippen LogP contribution is 2.28. The van der Waals surface area contributed by atoms with Crippen LogP contribution in [0, 0.1) is 12.8 Å². The Labute approximate surface area is 251 Å². The number of rotatable bonds is 12. The molecule has 42 heavy (non-hydrogen) atoms. The summed E-state index contributed by atoms with van der Waals surface area (Å²) in [6.45, 7) is 13.6. The van der Waals surface area contributed by atoms with Crippen LogP contribution in [0.2, 0.25) is 0 Å². The molecule has 0 aliphatic heterocycles. The fourth-order valence-corrected chi connectivity index (χ4v) is 4.90. The number of fused-ring (bicyclic) bond motifs is 1. The Bertz CT molecular complexity index is 1340. The number of aryl methyl sites for hydroxylation is 1. The van der Waals surface area contributed by atoms with Gasteiger partial charge in [-0.2, -0.15) is 0 Å². The molecule has 0 aliphatic carbocycles. The molecule has 2 N–H and O–H groups in total. The maximum atomic E-state index is 14.3. The van der Waals surface area contributed by atoms with Gasteiger partial charge in [-0.05, 0) is 68.5 Å². The van der Waals surface area contributed by atoms with Gasteiger partial charge in [0.15, 0.2) is 0 Å². The van der Waals surface area contributed by atoms with E-state index < -0.39 is 23.8 Å². The maximum Gasteiger partial charge on any atom is 0.408 e. The van der Waals surface area contributed by atoms with Crippen molar-refractivity contribution in [2.45, 2.75) is 91.8 Å². The number of amides is 3. The number of ether oxygens (including phenoxy) is 1. The zero-order chi connectivity index (χ0) is 30.9. The van der Waals surface area contributed by atoms with Crippen molar-refractivity contribution in [3.05, 3.63) is 77.9 Å². The average Bonchev–Trinajstić information content (AvgIpc) is 2.92. The summed E-state index contributed by atoms with van der Waals surface area (Å²) in [6.07, 6.45) is 3.09. The van der Waals surface area contributed by atoms with Crippen molar-refractivity contribution in [2.75, 3.05) is 11.9 Å². The number of hydrogen-bond acceptors (Lipinski definition) is 4. The van der Waals surface area contributed by atoms with E-state index in [-0.39, 0.29) is 17.7 Å². The van der Waals surface area contributed by atoms with Crippen molar-refractivity contribution in [3.8, 4) is 0 Å². The van der Waals surface area contributed by atoms with Crippen molar-refractivity contribution in [2.24, 2.45) is 5.92 Å². The molecule has 0 spiro atoms. The fourth-order valence-electron chi connectivity index (χ4n) is 4.90. The lowest BCUT2D eigenvalue weighted by atomic mass is 9.97. The first-order valence-electron chi connectivity index (χ1n) is 15.1. The standard InChI is InChI=1S/C35H47N3O4/c1-8-9-10-13-22-38(33(40)30(24(2)3)37-34(41)42-35(5,6)7)31(27-18-16-25(4)17-19-27)32(39)36-29-21-20-26-14-11-12-15-28(26)23-29/h11-12,14-21,23-24,30-31H,8-10,13,22H2,1-7H3,(H,36,39)(H,37,41). The Hall–Kier alpha value is -3.87. The third-order valence-electron chi connectivity index (χ3n) is 7.11. The molecular weight excluding hydrogens is 526 g/mol. The number of alkyl carbamates (subject to hydrolysis) is 1. The SMILES string of the molecule is CCCCCCN(C(=O)C(NC(=O)OC(C)(C)C)C(C)C)C(C(=O)Nc1ccc2ccccc2c1)c1ccc(C)cc1. The number of nitrogens with zero attached hydrogens (tertiary/aromatic N) is 1. The van der Waals surface area contributed by atoms with E-state index in [9.17, 15) is 14.4 Å². The summed E-state index contributed by atoms with van der Waals surface area (Å²) in [5, 5.41) is 7.96. The molecule has 2 atom stereocenters. The summed E-state index contributed by atoms with van der Waals surface area (Å²) in [5.74, 6) is -0.852. The zero-order valence-electron chi connectivity index (χ0n) is 26.2. The monoisotopic (exact) mass is 573 g/mol. The first-order chi connectivity index (χ1) is 19.9. The van der Waals surface area contributed by atoms with Crippen LogP contribution in [-0.4, -0.2) is 41.0 Å². The van der Waals surface area contributed by atoms with E-state index in [0.717, 1.165) is 42.0 Å². The van der Waals surface area contributed by atoms with E-state index in [2.05, 4.69) is 17.6 Å². The summed E-state index contributed by atoms with van der Waals surface area (Å²) in [5.41, 5.74) is 1.71. The third-order valence-corrected chi connectivity index (χ3v) is 7.11. The number of hydrogen-bond donors (Lipinski definition) is 2. The molecular formula is C35H47N3O4. The van der Waals surface area contributed by atoms with Gasteiger partial charge in [-0.1, -0.05) is 100 Å². The average molecular weight is 574 g/mol. The van der Waals surface area contributed by atoms with E-state index >= 15 is 0 Å². The molecule has 0 saturated heterocycles. The van der Waals surface area contributed by atoms with Gasteiger partial charge in [-0.25, -0.2) is 4.79 Å². The Morgan fingerprint density at radius 1 is 0.881 bits per heavy atom. The summed E-state index contributed by atoms with van der Waals surface area (Å²) >= 11 is 0. The molecule has 0 fully saturated rings. The Morgan fingerprint density at radius 2 is 1.55 bits per heavy atom. The van der Waals surface area contributed by atoms with Crippen LogP contribution in [0.25, 0.3) is 10.8 Å². The van der Waals surface area contributed by atoms with Gasteiger partial charge in [-0.3, -0.25) is 9.59 Å². The van der Waals surface area contributed by atoms with E-state index in [1.807, 2.05) is 87.5 Å². The molecule has 3 rings (SSSR count). The Kier molecular flexibility index (Phi) is 11.5. The minimum absolute atomic E-state index is 0.231. The van der Waals surface area contributed by atoms with E-state index in [4.69, 9.17) is 4.74 Å². The second-order valence-corrected chi connectivity index (χ2v) is 12.3.